The maximum Gasteiger partial charge on any atom is 0.193 e. The highest BCUT2D eigenvalue weighted by Crippen LogP contribution is 2.17. The highest BCUT2D eigenvalue weighted by molar-refractivity contribution is 14.0. The van der Waals surface area contributed by atoms with Crippen LogP contribution in [0.2, 0.25) is 0 Å². The Hall–Kier alpha value is -1.68. The van der Waals surface area contributed by atoms with Crippen molar-refractivity contribution in [2.45, 2.75) is 32.9 Å². The molecular formula is C19H30IN7. The maximum atomic E-state index is 4.49. The zero-order chi connectivity index (χ0) is 18.4. The highest BCUT2D eigenvalue weighted by atomic mass is 127. The molecule has 1 saturated heterocycles. The molecular weight excluding hydrogens is 453 g/mol. The number of rotatable bonds is 6. The summed E-state index contributed by atoms with van der Waals surface area (Å²) < 4.78 is 0. The quantitative estimate of drug-likeness (QED) is 0.376. The van der Waals surface area contributed by atoms with Gasteiger partial charge in [-0.2, -0.15) is 5.10 Å². The van der Waals surface area contributed by atoms with Gasteiger partial charge in [-0.3, -0.25) is 15.0 Å². The number of nitrogens with one attached hydrogen (secondary N) is 2. The van der Waals surface area contributed by atoms with Gasteiger partial charge < -0.3 is 10.2 Å². The standard InChI is InChI=1S/C19H29N7.HI/c1-4-25(5-2)17-9-10-26(13-17)19(20-3)21-12-15-7-6-8-16(11-15)18-22-14-23-24-18;/h6-8,11,14,17H,4-5,9-10,12-13H2,1-3H3,(H,20,21)(H,22,23,24);1H. The first kappa shape index (κ1) is 21.6. The van der Waals surface area contributed by atoms with E-state index in [1.807, 2.05) is 19.2 Å². The third-order valence-corrected chi connectivity index (χ3v) is 5.07. The highest BCUT2D eigenvalue weighted by Gasteiger charge is 2.27. The molecule has 2 heterocycles. The monoisotopic (exact) mass is 483 g/mol. The van der Waals surface area contributed by atoms with Crippen molar-refractivity contribution in [3.05, 3.63) is 36.2 Å². The van der Waals surface area contributed by atoms with Crippen molar-refractivity contribution < 1.29 is 0 Å². The average Bonchev–Trinajstić information content (AvgIpc) is 3.36. The Morgan fingerprint density at radius 1 is 1.37 bits per heavy atom. The molecule has 7 nitrogen and oxygen atoms in total. The van der Waals surface area contributed by atoms with Gasteiger partial charge in [0.15, 0.2) is 11.8 Å². The van der Waals surface area contributed by atoms with E-state index in [0.717, 1.165) is 50.1 Å². The van der Waals surface area contributed by atoms with Crippen LogP contribution in [0.25, 0.3) is 11.4 Å². The molecule has 1 aromatic carbocycles. The average molecular weight is 483 g/mol. The van der Waals surface area contributed by atoms with E-state index in [1.165, 1.54) is 18.3 Å². The fourth-order valence-electron chi connectivity index (χ4n) is 3.66. The molecule has 0 aliphatic carbocycles. The Morgan fingerprint density at radius 2 is 2.19 bits per heavy atom. The lowest BCUT2D eigenvalue weighted by Gasteiger charge is -2.27. The summed E-state index contributed by atoms with van der Waals surface area (Å²) in [4.78, 5) is 13.6. The van der Waals surface area contributed by atoms with Crippen LogP contribution in [0.3, 0.4) is 0 Å². The van der Waals surface area contributed by atoms with Gasteiger partial charge in [0.2, 0.25) is 0 Å². The van der Waals surface area contributed by atoms with Gasteiger partial charge in [-0.25, -0.2) is 4.98 Å². The number of H-pyrrole nitrogens is 1. The predicted octanol–water partition coefficient (Wildman–Crippen LogP) is 2.58. The van der Waals surface area contributed by atoms with Crippen molar-refractivity contribution in [3.8, 4) is 11.4 Å². The van der Waals surface area contributed by atoms with Crippen LogP contribution < -0.4 is 5.32 Å². The van der Waals surface area contributed by atoms with Crippen LogP contribution in [0.1, 0.15) is 25.8 Å². The number of aromatic amines is 1. The Bertz CT molecular complexity index is 713. The normalized spacial score (nSPS) is 17.3. The summed E-state index contributed by atoms with van der Waals surface area (Å²) >= 11 is 0. The largest absolute Gasteiger partial charge is 0.352 e. The van der Waals surface area contributed by atoms with Crippen molar-refractivity contribution in [3.63, 3.8) is 0 Å². The van der Waals surface area contributed by atoms with Gasteiger partial charge >= 0.3 is 0 Å². The number of hydrogen-bond acceptors (Lipinski definition) is 4. The molecule has 2 aromatic rings. The first-order valence-corrected chi connectivity index (χ1v) is 9.39. The number of aliphatic imine (C=N–C) groups is 1. The molecule has 1 atom stereocenters. The zero-order valence-corrected chi connectivity index (χ0v) is 18.7. The second-order valence-electron chi connectivity index (χ2n) is 6.54. The molecule has 1 aliphatic heterocycles. The molecule has 1 unspecified atom stereocenters. The van der Waals surface area contributed by atoms with Gasteiger partial charge in [0.1, 0.15) is 6.33 Å². The lowest BCUT2D eigenvalue weighted by molar-refractivity contribution is 0.223. The van der Waals surface area contributed by atoms with E-state index >= 15 is 0 Å². The number of likely N-dealkylation sites (tertiary alicyclic amines) is 1. The maximum absolute atomic E-state index is 4.49. The number of likely N-dealkylation sites (N-methyl/N-ethyl adjacent to an activating group) is 1. The Morgan fingerprint density at radius 3 is 2.85 bits per heavy atom. The van der Waals surface area contributed by atoms with Gasteiger partial charge in [-0.1, -0.05) is 32.0 Å². The summed E-state index contributed by atoms with van der Waals surface area (Å²) in [6.07, 6.45) is 2.73. The summed E-state index contributed by atoms with van der Waals surface area (Å²) in [6.45, 7) is 9.52. The Balaban J connectivity index is 0.00000261. The van der Waals surface area contributed by atoms with E-state index in [1.54, 1.807) is 0 Å². The van der Waals surface area contributed by atoms with Crippen molar-refractivity contribution in [1.82, 2.24) is 30.3 Å². The smallest absolute Gasteiger partial charge is 0.193 e. The summed E-state index contributed by atoms with van der Waals surface area (Å²) in [5.74, 6) is 1.77. The third-order valence-electron chi connectivity index (χ3n) is 5.07. The molecule has 0 saturated carbocycles. The lowest BCUT2D eigenvalue weighted by atomic mass is 10.1. The molecule has 2 N–H and O–H groups in total. The number of aromatic nitrogens is 3. The van der Waals surface area contributed by atoms with Crippen LogP contribution in [-0.4, -0.2) is 70.2 Å². The molecule has 0 spiro atoms. The molecule has 1 aromatic heterocycles. The van der Waals surface area contributed by atoms with Gasteiger partial charge in [0, 0.05) is 38.3 Å². The number of guanidine groups is 1. The van der Waals surface area contributed by atoms with E-state index in [2.05, 4.69) is 61.3 Å². The van der Waals surface area contributed by atoms with Crippen LogP contribution in [0.5, 0.6) is 0 Å². The van der Waals surface area contributed by atoms with Crippen LogP contribution in [0.15, 0.2) is 35.6 Å². The fourth-order valence-corrected chi connectivity index (χ4v) is 3.66. The van der Waals surface area contributed by atoms with E-state index in [9.17, 15) is 0 Å². The van der Waals surface area contributed by atoms with Crippen LogP contribution >= 0.6 is 24.0 Å². The molecule has 0 radical (unpaired) electrons. The van der Waals surface area contributed by atoms with E-state index in [4.69, 9.17) is 0 Å². The zero-order valence-electron chi connectivity index (χ0n) is 16.4. The molecule has 8 heteroatoms. The van der Waals surface area contributed by atoms with E-state index in [-0.39, 0.29) is 24.0 Å². The van der Waals surface area contributed by atoms with Crippen LogP contribution in [-0.2, 0) is 6.54 Å². The van der Waals surface area contributed by atoms with Crippen molar-refractivity contribution in [2.75, 3.05) is 33.2 Å². The predicted molar refractivity (Wildman–Crippen MR) is 120 cm³/mol. The summed E-state index contributed by atoms with van der Waals surface area (Å²) in [5, 5.41) is 10.3. The molecule has 0 bridgehead atoms. The fraction of sp³-hybridized carbons (Fsp3) is 0.526. The molecule has 148 valence electrons. The van der Waals surface area contributed by atoms with Gasteiger partial charge in [0.05, 0.1) is 0 Å². The second-order valence-corrected chi connectivity index (χ2v) is 6.54. The van der Waals surface area contributed by atoms with Gasteiger partial charge in [-0.15, -0.1) is 24.0 Å². The second kappa shape index (κ2) is 10.6. The van der Waals surface area contributed by atoms with Crippen molar-refractivity contribution >= 4 is 29.9 Å². The number of benzene rings is 1. The first-order valence-electron chi connectivity index (χ1n) is 9.39. The first-order chi connectivity index (χ1) is 12.7. The molecule has 1 fully saturated rings. The molecule has 3 rings (SSSR count). The number of nitrogens with zero attached hydrogens (tertiary/aromatic N) is 5. The summed E-state index contributed by atoms with van der Waals surface area (Å²) in [6, 6.07) is 8.95. The third kappa shape index (κ3) is 5.41. The topological polar surface area (TPSA) is 72.4 Å². The summed E-state index contributed by atoms with van der Waals surface area (Å²) in [5.41, 5.74) is 2.24. The molecule has 1 aliphatic rings. The number of halogens is 1. The molecule has 0 amide bonds. The van der Waals surface area contributed by atoms with Gasteiger partial charge in [0.25, 0.3) is 0 Å². The Kier molecular flexibility index (Phi) is 8.49. The molecule has 27 heavy (non-hydrogen) atoms. The van der Waals surface area contributed by atoms with Gasteiger partial charge in [-0.05, 0) is 31.1 Å². The SMILES string of the molecule is CCN(CC)C1CCN(C(=NC)NCc2cccc(-c3ncn[nH]3)c2)C1.I. The number of hydrogen-bond donors (Lipinski definition) is 2. The van der Waals surface area contributed by atoms with Crippen molar-refractivity contribution in [1.29, 1.82) is 0 Å². The lowest BCUT2D eigenvalue weighted by Crippen LogP contribution is -2.43. The minimum Gasteiger partial charge on any atom is -0.352 e. The minimum absolute atomic E-state index is 0. The van der Waals surface area contributed by atoms with E-state index in [0.29, 0.717) is 6.04 Å². The summed E-state index contributed by atoms with van der Waals surface area (Å²) in [7, 11) is 1.86. The van der Waals surface area contributed by atoms with Crippen molar-refractivity contribution in [2.24, 2.45) is 4.99 Å². The van der Waals surface area contributed by atoms with Crippen LogP contribution in [0, 0.1) is 0 Å². The Labute approximate surface area is 178 Å². The van der Waals surface area contributed by atoms with E-state index < -0.39 is 0 Å². The minimum atomic E-state index is 0. The van der Waals surface area contributed by atoms with Crippen LogP contribution in [0.4, 0.5) is 0 Å².